The molecule has 1 saturated carbocycles. The summed E-state index contributed by atoms with van der Waals surface area (Å²) in [6.07, 6.45) is 4.24. The van der Waals surface area contributed by atoms with Gasteiger partial charge in [-0.3, -0.25) is 9.59 Å². The fourth-order valence-electron chi connectivity index (χ4n) is 3.60. The number of esters is 1. The molecule has 1 aliphatic rings. The number of aliphatic carboxylic acids is 1. The second-order valence-corrected chi connectivity index (χ2v) is 7.42. The van der Waals surface area contributed by atoms with E-state index in [9.17, 15) is 14.7 Å². The number of nitrogens with two attached hydrogens (primary N) is 1. The number of ether oxygens (including phenoxy) is 1. The van der Waals surface area contributed by atoms with E-state index in [1.54, 1.807) is 0 Å². The summed E-state index contributed by atoms with van der Waals surface area (Å²) in [5, 5.41) is 9.47. The van der Waals surface area contributed by atoms with Crippen molar-refractivity contribution in [2.45, 2.75) is 64.5 Å². The number of benzene rings is 1. The second kappa shape index (κ2) is 8.99. The van der Waals surface area contributed by atoms with E-state index in [0.29, 0.717) is 12.3 Å². The molecule has 0 bridgehead atoms. The average Bonchev–Trinajstić information content (AvgIpc) is 2.59. The summed E-state index contributed by atoms with van der Waals surface area (Å²) in [7, 11) is 0. The van der Waals surface area contributed by atoms with E-state index in [1.807, 2.05) is 38.1 Å². The molecule has 0 amide bonds. The fraction of sp³-hybridized carbons (Fsp3) is 0.600. The quantitative estimate of drug-likeness (QED) is 0.737. The minimum atomic E-state index is -0.721. The molecule has 138 valence electrons. The van der Waals surface area contributed by atoms with Crippen LogP contribution in [0.25, 0.3) is 0 Å². The molecule has 0 aliphatic heterocycles. The van der Waals surface area contributed by atoms with E-state index < -0.39 is 12.0 Å². The Labute approximate surface area is 149 Å². The maximum Gasteiger partial charge on any atom is 0.323 e. The third kappa shape index (κ3) is 5.56. The maximum absolute atomic E-state index is 12.0. The van der Waals surface area contributed by atoms with Crippen molar-refractivity contribution in [3.8, 4) is 0 Å². The average molecular weight is 347 g/mol. The predicted molar refractivity (Wildman–Crippen MR) is 96.0 cm³/mol. The molecule has 0 aromatic heterocycles. The van der Waals surface area contributed by atoms with Crippen molar-refractivity contribution in [3.05, 3.63) is 35.4 Å². The Morgan fingerprint density at radius 3 is 2.68 bits per heavy atom. The predicted octanol–water partition coefficient (Wildman–Crippen LogP) is 3.46. The minimum Gasteiger partial charge on any atom is -0.481 e. The first-order valence-corrected chi connectivity index (χ1v) is 9.12. The number of hydrogen-bond donors (Lipinski definition) is 2. The topological polar surface area (TPSA) is 89.6 Å². The molecule has 0 heterocycles. The van der Waals surface area contributed by atoms with Crippen LogP contribution in [0.2, 0.25) is 0 Å². The van der Waals surface area contributed by atoms with Gasteiger partial charge in [-0.05, 0) is 42.2 Å². The fourth-order valence-corrected chi connectivity index (χ4v) is 3.60. The summed E-state index contributed by atoms with van der Waals surface area (Å²) in [5.74, 6) is -1.07. The Hall–Kier alpha value is -1.88. The number of rotatable bonds is 7. The van der Waals surface area contributed by atoms with Crippen LogP contribution in [0.4, 0.5) is 0 Å². The molecule has 2 unspecified atom stereocenters. The zero-order valence-corrected chi connectivity index (χ0v) is 15.1. The van der Waals surface area contributed by atoms with Gasteiger partial charge < -0.3 is 15.6 Å². The highest BCUT2D eigenvalue weighted by molar-refractivity contribution is 5.75. The molecule has 5 heteroatoms. The second-order valence-electron chi connectivity index (χ2n) is 7.42. The van der Waals surface area contributed by atoms with Crippen molar-refractivity contribution in [1.29, 1.82) is 0 Å². The van der Waals surface area contributed by atoms with E-state index in [4.69, 9.17) is 10.5 Å². The maximum atomic E-state index is 12.0. The number of hydrogen-bond acceptors (Lipinski definition) is 4. The molecule has 1 fully saturated rings. The van der Waals surface area contributed by atoms with Crippen LogP contribution in [0.5, 0.6) is 0 Å². The third-order valence-corrected chi connectivity index (χ3v) is 4.87. The van der Waals surface area contributed by atoms with Crippen molar-refractivity contribution in [2.75, 3.05) is 0 Å². The molecule has 1 aromatic rings. The van der Waals surface area contributed by atoms with Gasteiger partial charge in [-0.1, -0.05) is 51.0 Å². The van der Waals surface area contributed by atoms with Crippen LogP contribution in [-0.4, -0.2) is 23.1 Å². The molecule has 5 nitrogen and oxygen atoms in total. The van der Waals surface area contributed by atoms with Gasteiger partial charge in [-0.25, -0.2) is 0 Å². The molecule has 0 spiro atoms. The minimum absolute atomic E-state index is 0.0325. The molecule has 1 aromatic carbocycles. The van der Waals surface area contributed by atoms with E-state index in [2.05, 4.69) is 0 Å². The molecule has 3 N–H and O–H groups in total. The number of carbonyl (C=O) groups is 2. The van der Waals surface area contributed by atoms with Crippen LogP contribution in [0.1, 0.15) is 63.0 Å². The van der Waals surface area contributed by atoms with Gasteiger partial charge in [0.15, 0.2) is 0 Å². The van der Waals surface area contributed by atoms with Crippen molar-refractivity contribution in [3.63, 3.8) is 0 Å². The molecule has 2 rings (SSSR count). The molecule has 0 saturated heterocycles. The Kier molecular flexibility index (Phi) is 7.00. The molecule has 3 atom stereocenters. The molecule has 0 radical (unpaired) electrons. The van der Waals surface area contributed by atoms with Crippen LogP contribution < -0.4 is 5.73 Å². The highest BCUT2D eigenvalue weighted by Crippen LogP contribution is 2.38. The number of carbonyl (C=O) groups excluding carboxylic acids is 1. The first-order valence-electron chi connectivity index (χ1n) is 9.12. The van der Waals surface area contributed by atoms with Gasteiger partial charge >= 0.3 is 11.9 Å². The van der Waals surface area contributed by atoms with Crippen molar-refractivity contribution < 1.29 is 19.4 Å². The first kappa shape index (κ1) is 19.4. The standard InChI is InChI=1S/C20H29NO4/c1-13(2)10-18(21)20(24)25-12-14-6-5-7-15(11-14)16-8-3-4-9-17(16)19(22)23/h5-7,11,13,16-18H,3-4,8-10,12,21H2,1-2H3,(H,22,23)/t16?,17?,18-/m0/s1. The van der Waals surface area contributed by atoms with Gasteiger partial charge in [0.2, 0.25) is 0 Å². The zero-order valence-electron chi connectivity index (χ0n) is 15.1. The smallest absolute Gasteiger partial charge is 0.323 e. The van der Waals surface area contributed by atoms with Gasteiger partial charge in [-0.2, -0.15) is 0 Å². The van der Waals surface area contributed by atoms with Crippen LogP contribution in [0.15, 0.2) is 24.3 Å². The van der Waals surface area contributed by atoms with E-state index >= 15 is 0 Å². The SMILES string of the molecule is CC(C)C[C@H](N)C(=O)OCc1cccc(C2CCCCC2C(=O)O)c1. The van der Waals surface area contributed by atoms with Gasteiger partial charge in [-0.15, -0.1) is 0 Å². The summed E-state index contributed by atoms with van der Waals surface area (Å²) in [4.78, 5) is 23.5. The third-order valence-electron chi connectivity index (χ3n) is 4.87. The number of carboxylic acids is 1. The van der Waals surface area contributed by atoms with Crippen LogP contribution in [-0.2, 0) is 20.9 Å². The summed E-state index contributed by atoms with van der Waals surface area (Å²) >= 11 is 0. The molecular weight excluding hydrogens is 318 g/mol. The highest BCUT2D eigenvalue weighted by atomic mass is 16.5. The van der Waals surface area contributed by atoms with Gasteiger partial charge in [0.1, 0.15) is 12.6 Å². The zero-order chi connectivity index (χ0) is 18.4. The normalized spacial score (nSPS) is 21.8. The van der Waals surface area contributed by atoms with Crippen LogP contribution >= 0.6 is 0 Å². The van der Waals surface area contributed by atoms with Crippen LogP contribution in [0.3, 0.4) is 0 Å². The van der Waals surface area contributed by atoms with Crippen molar-refractivity contribution in [2.24, 2.45) is 17.6 Å². The highest BCUT2D eigenvalue weighted by Gasteiger charge is 2.31. The van der Waals surface area contributed by atoms with Crippen molar-refractivity contribution in [1.82, 2.24) is 0 Å². The van der Waals surface area contributed by atoms with E-state index in [1.165, 1.54) is 0 Å². The lowest BCUT2D eigenvalue weighted by atomic mass is 9.75. The summed E-state index contributed by atoms with van der Waals surface area (Å²) < 4.78 is 5.33. The van der Waals surface area contributed by atoms with Crippen molar-refractivity contribution >= 4 is 11.9 Å². The lowest BCUT2D eigenvalue weighted by Crippen LogP contribution is -2.33. The van der Waals surface area contributed by atoms with E-state index in [0.717, 1.165) is 36.8 Å². The lowest BCUT2D eigenvalue weighted by Gasteiger charge is -2.29. The Balaban J connectivity index is 2.01. The Bertz CT molecular complexity index is 599. The summed E-state index contributed by atoms with van der Waals surface area (Å²) in [6, 6.07) is 7.14. The summed E-state index contributed by atoms with van der Waals surface area (Å²) in [6.45, 7) is 4.20. The lowest BCUT2D eigenvalue weighted by molar-refractivity contribution is -0.147. The molecule has 25 heavy (non-hydrogen) atoms. The first-order chi connectivity index (χ1) is 11.9. The largest absolute Gasteiger partial charge is 0.481 e. The Morgan fingerprint density at radius 1 is 1.28 bits per heavy atom. The van der Waals surface area contributed by atoms with E-state index in [-0.39, 0.29) is 24.4 Å². The van der Waals surface area contributed by atoms with Gasteiger partial charge in [0.25, 0.3) is 0 Å². The molecule has 1 aliphatic carbocycles. The Morgan fingerprint density at radius 2 is 2.00 bits per heavy atom. The van der Waals surface area contributed by atoms with Crippen LogP contribution in [0, 0.1) is 11.8 Å². The molecular formula is C20H29NO4. The summed E-state index contributed by atoms with van der Waals surface area (Å²) in [5.41, 5.74) is 7.73. The monoisotopic (exact) mass is 347 g/mol. The number of carboxylic acid groups (broad SMARTS) is 1. The van der Waals surface area contributed by atoms with Gasteiger partial charge in [0, 0.05) is 0 Å². The van der Waals surface area contributed by atoms with Gasteiger partial charge in [0.05, 0.1) is 5.92 Å².